The third kappa shape index (κ3) is 5.49. The van der Waals surface area contributed by atoms with Gasteiger partial charge in [0.15, 0.2) is 0 Å². The summed E-state index contributed by atoms with van der Waals surface area (Å²) in [6.45, 7) is 0. The van der Waals surface area contributed by atoms with Gasteiger partial charge in [0.2, 0.25) is 0 Å². The molecule has 0 spiro atoms. The summed E-state index contributed by atoms with van der Waals surface area (Å²) >= 11 is 0. The summed E-state index contributed by atoms with van der Waals surface area (Å²) in [5.74, 6) is -2.15. The zero-order chi connectivity index (χ0) is 34.4. The predicted octanol–water partition coefficient (Wildman–Crippen LogP) is 5.37. The summed E-state index contributed by atoms with van der Waals surface area (Å²) in [5.41, 5.74) is 21.9. The Hall–Kier alpha value is -6.87. The molecule has 0 atom stereocenters. The number of rotatable bonds is 4. The van der Waals surface area contributed by atoms with Gasteiger partial charge in [-0.05, 0) is 97.1 Å². The Morgan fingerprint density at radius 1 is 0.429 bits per heavy atom. The molecule has 8 nitrogen and oxygen atoms in total. The lowest BCUT2D eigenvalue weighted by Gasteiger charge is -2.16. The molecule has 5 aromatic carbocycles. The topological polar surface area (TPSA) is 153 Å². The second-order valence-electron chi connectivity index (χ2n) is 11.0. The molecule has 0 aliphatic rings. The monoisotopic (exact) mass is 654 g/mol. The largest absolute Gasteiger partial charge is 0.390 e. The molecule has 0 bridgehead atoms. The lowest BCUT2D eigenvalue weighted by molar-refractivity contribution is 0.627. The molecule has 0 saturated heterocycles. The van der Waals surface area contributed by atoms with Crippen molar-refractivity contribution < 1.29 is 17.6 Å². The smallest absolute Gasteiger partial charge is 0.123 e. The van der Waals surface area contributed by atoms with Crippen molar-refractivity contribution in [1.82, 2.24) is 19.9 Å². The summed E-state index contributed by atoms with van der Waals surface area (Å²) in [6.07, 6.45) is 0. The maximum Gasteiger partial charge on any atom is 0.123 e. The second kappa shape index (κ2) is 12.1. The van der Waals surface area contributed by atoms with Crippen LogP contribution in [0.2, 0.25) is 0 Å². The number of nitrogens with two attached hydrogens (primary N) is 3. The van der Waals surface area contributed by atoms with Crippen LogP contribution in [0.1, 0.15) is 0 Å². The van der Waals surface area contributed by atoms with Crippen molar-refractivity contribution in [1.29, 1.82) is 5.26 Å². The van der Waals surface area contributed by atoms with E-state index in [2.05, 4.69) is 0 Å². The molecule has 238 valence electrons. The number of hydrogen-bond donors (Lipinski definition) is 3. The molecule has 0 fully saturated rings. The Balaban J connectivity index is 1.72. The molecule has 12 heteroatoms. The predicted molar refractivity (Wildman–Crippen MR) is 178 cm³/mol. The second-order valence-corrected chi connectivity index (χ2v) is 11.0. The molecule has 2 aromatic heterocycles. The van der Waals surface area contributed by atoms with E-state index in [0.717, 1.165) is 0 Å². The van der Waals surface area contributed by atoms with Gasteiger partial charge in [0.25, 0.3) is 0 Å². The quantitative estimate of drug-likeness (QED) is 0.169. The van der Waals surface area contributed by atoms with E-state index in [1.807, 2.05) is 6.07 Å². The van der Waals surface area contributed by atoms with Gasteiger partial charge in [-0.3, -0.25) is 0 Å². The maximum atomic E-state index is 14.0. The van der Waals surface area contributed by atoms with Gasteiger partial charge in [0, 0.05) is 22.3 Å². The highest BCUT2D eigenvalue weighted by atomic mass is 19.1. The Morgan fingerprint density at radius 3 is 0.898 bits per heavy atom. The average molecular weight is 655 g/mol. The standard InChI is InChI=1S/C37H22F4N8/c38-22-9-1-18(2-10-22)29-31(20-5-13-24(40)14-6-20)48-35-28(37(44)45)36-34(27(26(43)17-42)33(35)46-29)47-30(19-3-11-23(39)12-4-19)32(49-36)21-7-15-25(41)16-8-21/h1-16H,43-45H2. The van der Waals surface area contributed by atoms with Gasteiger partial charge in [-0.25, -0.2) is 37.5 Å². The van der Waals surface area contributed by atoms with Gasteiger partial charge < -0.3 is 17.2 Å². The third-order valence-electron chi connectivity index (χ3n) is 7.89. The zero-order valence-corrected chi connectivity index (χ0v) is 25.2. The van der Waals surface area contributed by atoms with E-state index >= 15 is 0 Å². The first kappa shape index (κ1) is 30.8. The van der Waals surface area contributed by atoms with Crippen molar-refractivity contribution in [3.63, 3.8) is 0 Å². The zero-order valence-electron chi connectivity index (χ0n) is 25.2. The molecular weight excluding hydrogens is 632 g/mol. The molecule has 0 aliphatic heterocycles. The molecule has 0 radical (unpaired) electrons. The van der Waals surface area contributed by atoms with E-state index in [1.165, 1.54) is 97.1 Å². The lowest BCUT2D eigenvalue weighted by atomic mass is 10.0. The fourth-order valence-electron chi connectivity index (χ4n) is 5.61. The highest BCUT2D eigenvalue weighted by molar-refractivity contribution is 6.00. The molecule has 6 N–H and O–H groups in total. The van der Waals surface area contributed by atoms with E-state index in [9.17, 15) is 22.8 Å². The summed E-state index contributed by atoms with van der Waals surface area (Å²) < 4.78 is 56.0. The molecular formula is C37H22F4N8. The summed E-state index contributed by atoms with van der Waals surface area (Å²) in [7, 11) is 0. The normalized spacial score (nSPS) is 11.1. The van der Waals surface area contributed by atoms with Gasteiger partial charge >= 0.3 is 0 Å². The van der Waals surface area contributed by atoms with Crippen molar-refractivity contribution in [2.24, 2.45) is 17.2 Å². The van der Waals surface area contributed by atoms with Crippen molar-refractivity contribution in [3.8, 4) is 51.1 Å². The summed E-state index contributed by atoms with van der Waals surface area (Å²) in [5, 5.41) is 10.3. The fraction of sp³-hybridized carbons (Fsp3) is 0. The number of nitriles is 1. The summed E-state index contributed by atoms with van der Waals surface area (Å²) in [4.78, 5) is 19.7. The molecule has 0 amide bonds. The fourth-order valence-corrected chi connectivity index (χ4v) is 5.61. The Kier molecular flexibility index (Phi) is 7.57. The van der Waals surface area contributed by atoms with E-state index in [-0.39, 0.29) is 66.8 Å². The molecule has 0 saturated carbocycles. The molecule has 0 aliphatic carbocycles. The van der Waals surface area contributed by atoms with Crippen LogP contribution >= 0.6 is 0 Å². The Bertz CT molecular complexity index is 2440. The van der Waals surface area contributed by atoms with Crippen LogP contribution in [0.3, 0.4) is 0 Å². The van der Waals surface area contributed by atoms with E-state index < -0.39 is 23.3 Å². The van der Waals surface area contributed by atoms with Gasteiger partial charge in [-0.2, -0.15) is 5.26 Å². The van der Waals surface area contributed by atoms with Crippen molar-refractivity contribution >= 4 is 33.6 Å². The van der Waals surface area contributed by atoms with Crippen LogP contribution in [0.5, 0.6) is 0 Å². The van der Waals surface area contributed by atoms with Gasteiger partial charge in [0.05, 0.1) is 33.2 Å². The van der Waals surface area contributed by atoms with Crippen molar-refractivity contribution in [2.75, 3.05) is 0 Å². The van der Waals surface area contributed by atoms with Crippen LogP contribution in [0, 0.1) is 34.6 Å². The number of fused-ring (bicyclic) bond motifs is 2. The molecule has 0 unspecified atom stereocenters. The Morgan fingerprint density at radius 2 is 0.673 bits per heavy atom. The van der Waals surface area contributed by atoms with Crippen molar-refractivity contribution in [2.45, 2.75) is 0 Å². The first-order valence-electron chi connectivity index (χ1n) is 14.7. The molecule has 2 heterocycles. The number of nitrogens with zero attached hydrogens (tertiary/aromatic N) is 5. The van der Waals surface area contributed by atoms with Gasteiger partial charge in [-0.1, -0.05) is 0 Å². The van der Waals surface area contributed by atoms with Crippen LogP contribution < -0.4 is 27.6 Å². The molecule has 7 aromatic rings. The number of halogens is 4. The van der Waals surface area contributed by atoms with Gasteiger partial charge in [-0.15, -0.1) is 0 Å². The highest BCUT2D eigenvalue weighted by Crippen LogP contribution is 2.33. The van der Waals surface area contributed by atoms with Crippen molar-refractivity contribution in [3.05, 3.63) is 131 Å². The van der Waals surface area contributed by atoms with Crippen LogP contribution in [-0.2, 0) is 0 Å². The molecule has 7 rings (SSSR count). The number of benzene rings is 5. The number of aromatic nitrogens is 4. The minimum atomic E-state index is -0.483. The molecule has 49 heavy (non-hydrogen) atoms. The highest BCUT2D eigenvalue weighted by Gasteiger charge is 2.23. The van der Waals surface area contributed by atoms with Crippen LogP contribution in [0.15, 0.2) is 97.1 Å². The van der Waals surface area contributed by atoms with Crippen LogP contribution in [0.25, 0.3) is 78.6 Å². The lowest BCUT2D eigenvalue weighted by Crippen LogP contribution is -2.29. The van der Waals surface area contributed by atoms with E-state index in [1.54, 1.807) is 0 Å². The van der Waals surface area contributed by atoms with Crippen LogP contribution in [-0.4, -0.2) is 19.9 Å². The third-order valence-corrected chi connectivity index (χ3v) is 7.89. The first-order chi connectivity index (χ1) is 23.6. The first-order valence-corrected chi connectivity index (χ1v) is 14.7. The average Bonchev–Trinajstić information content (AvgIpc) is 3.10. The van der Waals surface area contributed by atoms with Gasteiger partial charge in [0.1, 0.15) is 62.9 Å². The van der Waals surface area contributed by atoms with Crippen LogP contribution in [0.4, 0.5) is 17.6 Å². The van der Waals surface area contributed by atoms with E-state index in [4.69, 9.17) is 37.1 Å². The minimum absolute atomic E-state index is 0.0561. The summed E-state index contributed by atoms with van der Waals surface area (Å²) in [6, 6.07) is 24.0. The minimum Gasteiger partial charge on any atom is -0.390 e. The number of hydrogen-bond acceptors (Lipinski definition) is 8. The Labute approximate surface area is 275 Å². The maximum absolute atomic E-state index is 14.0. The van der Waals surface area contributed by atoms with E-state index in [0.29, 0.717) is 22.3 Å². The SMILES string of the molecule is N#CC(N)=c1c2nc(-c3ccc(F)cc3)c(-c3ccc(F)cc3)nc2c(=C(N)N)c2nc(-c3ccc(F)cc3)c(-c3ccc(F)cc3)nc12.